The Balaban J connectivity index is 2.07. The van der Waals surface area contributed by atoms with Gasteiger partial charge in [-0.1, -0.05) is 0 Å². The summed E-state index contributed by atoms with van der Waals surface area (Å²) in [5.74, 6) is 0.309. The van der Waals surface area contributed by atoms with Gasteiger partial charge in [-0.05, 0) is 37.0 Å². The number of hydrogen-bond donors (Lipinski definition) is 2. The molecule has 0 saturated heterocycles. The van der Waals surface area contributed by atoms with Crippen molar-refractivity contribution in [1.29, 1.82) is 5.26 Å². The van der Waals surface area contributed by atoms with E-state index in [9.17, 15) is 13.2 Å². The van der Waals surface area contributed by atoms with Crippen LogP contribution in [0.25, 0.3) is 0 Å². The highest BCUT2D eigenvalue weighted by Gasteiger charge is 2.31. The Labute approximate surface area is 108 Å². The number of nitrogens with one attached hydrogen (secondary N) is 1. The third-order valence-corrected chi connectivity index (χ3v) is 3.26. The van der Waals surface area contributed by atoms with E-state index < -0.39 is 11.7 Å². The standard InChI is InChI=1S/C13H13F3N2O/c14-13(15,16)10-1-2-12(9(5-10)6-17)18-7-8-3-11(19)4-8/h1-2,5,8,11,18-19H,3-4,7H2. The maximum absolute atomic E-state index is 12.5. The van der Waals surface area contributed by atoms with Crippen LogP contribution >= 0.6 is 0 Å². The summed E-state index contributed by atoms with van der Waals surface area (Å²) in [7, 11) is 0. The van der Waals surface area contributed by atoms with Gasteiger partial charge >= 0.3 is 6.18 Å². The predicted molar refractivity (Wildman–Crippen MR) is 63.4 cm³/mol. The third kappa shape index (κ3) is 3.18. The number of anilines is 1. The van der Waals surface area contributed by atoms with Crippen molar-refractivity contribution in [3.05, 3.63) is 29.3 Å². The predicted octanol–water partition coefficient (Wildman–Crippen LogP) is 2.76. The molecule has 0 unspecified atom stereocenters. The van der Waals surface area contributed by atoms with E-state index in [-0.39, 0.29) is 11.7 Å². The van der Waals surface area contributed by atoms with Crippen LogP contribution in [0.1, 0.15) is 24.0 Å². The van der Waals surface area contributed by atoms with E-state index in [1.807, 2.05) is 0 Å². The Kier molecular flexibility index (Phi) is 3.67. The second-order valence-electron chi connectivity index (χ2n) is 4.74. The van der Waals surface area contributed by atoms with E-state index in [1.54, 1.807) is 6.07 Å². The fourth-order valence-electron chi connectivity index (χ4n) is 2.09. The molecular weight excluding hydrogens is 257 g/mol. The van der Waals surface area contributed by atoms with Crippen molar-refractivity contribution in [2.75, 3.05) is 11.9 Å². The Morgan fingerprint density at radius 2 is 2.05 bits per heavy atom. The largest absolute Gasteiger partial charge is 0.416 e. The normalized spacial score (nSPS) is 22.5. The van der Waals surface area contributed by atoms with Crippen LogP contribution in [0.4, 0.5) is 18.9 Å². The maximum atomic E-state index is 12.5. The summed E-state index contributed by atoms with van der Waals surface area (Å²) in [6, 6.07) is 4.84. The molecule has 0 amide bonds. The highest BCUT2D eigenvalue weighted by molar-refractivity contribution is 5.59. The molecule has 1 aliphatic carbocycles. The summed E-state index contributed by atoms with van der Waals surface area (Å²) in [4.78, 5) is 0. The zero-order valence-corrected chi connectivity index (χ0v) is 10.0. The van der Waals surface area contributed by atoms with Crippen LogP contribution in [0, 0.1) is 17.2 Å². The van der Waals surface area contributed by atoms with E-state index in [2.05, 4.69) is 5.32 Å². The summed E-state index contributed by atoms with van der Waals surface area (Å²) in [5, 5.41) is 21.0. The first-order valence-electron chi connectivity index (χ1n) is 5.93. The van der Waals surface area contributed by atoms with Gasteiger partial charge in [-0.3, -0.25) is 0 Å². The van der Waals surface area contributed by atoms with Crippen molar-refractivity contribution in [3.8, 4) is 6.07 Å². The van der Waals surface area contributed by atoms with Gasteiger partial charge < -0.3 is 10.4 Å². The van der Waals surface area contributed by atoms with Crippen LogP contribution in [0.5, 0.6) is 0 Å². The van der Waals surface area contributed by atoms with Gasteiger partial charge in [-0.15, -0.1) is 0 Å². The lowest BCUT2D eigenvalue weighted by atomic mass is 9.82. The van der Waals surface area contributed by atoms with Gasteiger partial charge in [-0.2, -0.15) is 18.4 Å². The first-order valence-corrected chi connectivity index (χ1v) is 5.93. The highest BCUT2D eigenvalue weighted by atomic mass is 19.4. The maximum Gasteiger partial charge on any atom is 0.416 e. The Bertz CT molecular complexity index is 502. The molecule has 0 radical (unpaired) electrons. The molecule has 1 aliphatic rings. The molecular formula is C13H13F3N2O. The van der Waals surface area contributed by atoms with Crippen molar-refractivity contribution >= 4 is 5.69 Å². The van der Waals surface area contributed by atoms with Crippen LogP contribution in [0.15, 0.2) is 18.2 Å². The van der Waals surface area contributed by atoms with Crippen LogP contribution in [-0.2, 0) is 6.18 Å². The molecule has 6 heteroatoms. The number of hydrogen-bond acceptors (Lipinski definition) is 3. The topological polar surface area (TPSA) is 56.0 Å². The minimum atomic E-state index is -4.44. The molecule has 0 spiro atoms. The summed E-state index contributed by atoms with van der Waals surface area (Å²) in [6.07, 6.45) is -3.33. The monoisotopic (exact) mass is 270 g/mol. The van der Waals surface area contributed by atoms with Gasteiger partial charge in [0.05, 0.1) is 22.9 Å². The molecule has 0 aromatic heterocycles. The van der Waals surface area contributed by atoms with E-state index in [0.717, 1.165) is 12.1 Å². The first-order chi connectivity index (χ1) is 8.90. The quantitative estimate of drug-likeness (QED) is 0.888. The zero-order valence-electron chi connectivity index (χ0n) is 10.0. The number of alkyl halides is 3. The van der Waals surface area contributed by atoms with E-state index in [1.165, 1.54) is 6.07 Å². The molecule has 2 N–H and O–H groups in total. The second-order valence-corrected chi connectivity index (χ2v) is 4.74. The van der Waals surface area contributed by atoms with Crippen molar-refractivity contribution in [3.63, 3.8) is 0 Å². The fourth-order valence-corrected chi connectivity index (χ4v) is 2.09. The van der Waals surface area contributed by atoms with Crippen molar-refractivity contribution in [1.82, 2.24) is 0 Å². The van der Waals surface area contributed by atoms with Crippen molar-refractivity contribution < 1.29 is 18.3 Å². The third-order valence-electron chi connectivity index (χ3n) is 3.26. The molecule has 0 atom stereocenters. The van der Waals surface area contributed by atoms with Crippen molar-refractivity contribution in [2.24, 2.45) is 5.92 Å². The van der Waals surface area contributed by atoms with Gasteiger partial charge in [-0.25, -0.2) is 0 Å². The Morgan fingerprint density at radius 1 is 1.37 bits per heavy atom. The van der Waals surface area contributed by atoms with E-state index in [4.69, 9.17) is 10.4 Å². The molecule has 1 fully saturated rings. The molecule has 0 bridgehead atoms. The van der Waals surface area contributed by atoms with Gasteiger partial charge in [0.25, 0.3) is 0 Å². The molecule has 102 valence electrons. The highest BCUT2D eigenvalue weighted by Crippen LogP contribution is 2.32. The number of nitrogens with zero attached hydrogens (tertiary/aromatic N) is 1. The number of aliphatic hydroxyl groups excluding tert-OH is 1. The second kappa shape index (κ2) is 5.10. The summed E-state index contributed by atoms with van der Waals surface area (Å²) < 4.78 is 37.5. The fraction of sp³-hybridized carbons (Fsp3) is 0.462. The lowest BCUT2D eigenvalue weighted by Gasteiger charge is -2.31. The molecule has 3 nitrogen and oxygen atoms in total. The van der Waals surface area contributed by atoms with Gasteiger partial charge in [0.15, 0.2) is 0 Å². The smallest absolute Gasteiger partial charge is 0.393 e. The zero-order chi connectivity index (χ0) is 14.0. The number of aliphatic hydroxyl groups is 1. The van der Waals surface area contributed by atoms with Gasteiger partial charge in [0, 0.05) is 6.54 Å². The molecule has 1 aromatic rings. The van der Waals surface area contributed by atoms with Gasteiger partial charge in [0.2, 0.25) is 0 Å². The van der Waals surface area contributed by atoms with Crippen LogP contribution < -0.4 is 5.32 Å². The molecule has 1 saturated carbocycles. The van der Waals surface area contributed by atoms with Crippen LogP contribution in [0.3, 0.4) is 0 Å². The number of rotatable bonds is 3. The van der Waals surface area contributed by atoms with E-state index >= 15 is 0 Å². The number of benzene rings is 1. The lowest BCUT2D eigenvalue weighted by Crippen LogP contribution is -2.33. The average molecular weight is 270 g/mol. The lowest BCUT2D eigenvalue weighted by molar-refractivity contribution is -0.137. The molecule has 19 heavy (non-hydrogen) atoms. The molecule has 2 rings (SSSR count). The minimum absolute atomic E-state index is 0.0188. The molecule has 1 aromatic carbocycles. The molecule has 0 heterocycles. The Morgan fingerprint density at radius 3 is 2.58 bits per heavy atom. The molecule has 0 aliphatic heterocycles. The average Bonchev–Trinajstić information content (AvgIpc) is 2.31. The number of halogens is 3. The van der Waals surface area contributed by atoms with Crippen LogP contribution in [-0.4, -0.2) is 17.8 Å². The van der Waals surface area contributed by atoms with Crippen LogP contribution in [0.2, 0.25) is 0 Å². The first kappa shape index (κ1) is 13.7. The van der Waals surface area contributed by atoms with Gasteiger partial charge in [0.1, 0.15) is 6.07 Å². The summed E-state index contributed by atoms with van der Waals surface area (Å²) >= 11 is 0. The Hall–Kier alpha value is -1.74. The SMILES string of the molecule is N#Cc1cc(C(F)(F)F)ccc1NCC1CC(O)C1. The summed E-state index contributed by atoms with van der Waals surface area (Å²) in [5.41, 5.74) is -0.444. The van der Waals surface area contributed by atoms with E-state index in [0.29, 0.717) is 31.0 Å². The van der Waals surface area contributed by atoms with Crippen molar-refractivity contribution in [2.45, 2.75) is 25.1 Å². The summed E-state index contributed by atoms with van der Waals surface area (Å²) in [6.45, 7) is 0.553. The minimum Gasteiger partial charge on any atom is -0.393 e. The number of nitriles is 1.